The minimum Gasteiger partial charge on any atom is -0.347 e. The summed E-state index contributed by atoms with van der Waals surface area (Å²) in [7, 11) is 0. The van der Waals surface area contributed by atoms with Crippen molar-refractivity contribution in [1.82, 2.24) is 0 Å². The first-order valence-corrected chi connectivity index (χ1v) is 9.44. The van der Waals surface area contributed by atoms with Gasteiger partial charge in [0.05, 0.1) is 0 Å². The largest absolute Gasteiger partial charge is 0.347 e. The van der Waals surface area contributed by atoms with Crippen molar-refractivity contribution in [3.05, 3.63) is 47.2 Å². The van der Waals surface area contributed by atoms with Crippen LogP contribution in [-0.2, 0) is 4.79 Å². The number of alkyl halides is 1. The molecule has 0 bridgehead atoms. The molecule has 0 radical (unpaired) electrons. The number of carbonyl (C=O) groups is 1. The highest BCUT2D eigenvalue weighted by Crippen LogP contribution is 2.34. The Kier molecular flexibility index (Phi) is 5.22. The number of fused-ring (bicyclic) bond motifs is 1. The molecule has 1 aromatic rings. The molecule has 140 valence electrons. The molecule has 3 rings (SSSR count). The normalized spacial score (nSPS) is 20.2. The summed E-state index contributed by atoms with van der Waals surface area (Å²) in [6, 6.07) is 6.14. The van der Waals surface area contributed by atoms with Gasteiger partial charge >= 0.3 is 0 Å². The number of benzene rings is 1. The van der Waals surface area contributed by atoms with E-state index in [-0.39, 0.29) is 11.3 Å². The number of amides is 1. The van der Waals surface area contributed by atoms with Crippen molar-refractivity contribution in [2.45, 2.75) is 59.5 Å². The van der Waals surface area contributed by atoms with E-state index in [1.807, 2.05) is 19.1 Å². The van der Waals surface area contributed by atoms with Crippen molar-refractivity contribution in [3.63, 3.8) is 0 Å². The van der Waals surface area contributed by atoms with E-state index in [1.54, 1.807) is 6.08 Å². The summed E-state index contributed by atoms with van der Waals surface area (Å²) < 4.78 is 13.5. The lowest BCUT2D eigenvalue weighted by Crippen LogP contribution is -2.26. The van der Waals surface area contributed by atoms with Crippen LogP contribution in [0.5, 0.6) is 0 Å². The van der Waals surface area contributed by atoms with Crippen molar-refractivity contribution in [2.24, 2.45) is 5.41 Å². The Balaban J connectivity index is 1.73. The third-order valence-electron chi connectivity index (χ3n) is 4.92. The highest BCUT2D eigenvalue weighted by atomic mass is 19.1. The topological polar surface area (TPSA) is 32.3 Å². The summed E-state index contributed by atoms with van der Waals surface area (Å²) in [6.45, 7) is 9.06. The molecular formula is C22H29FN2O. The molecule has 0 saturated carbocycles. The maximum Gasteiger partial charge on any atom is 0.224 e. The molecule has 0 aromatic heterocycles. The molecule has 1 aliphatic carbocycles. The van der Waals surface area contributed by atoms with Gasteiger partial charge in [-0.25, -0.2) is 4.39 Å². The van der Waals surface area contributed by atoms with Crippen LogP contribution < -0.4 is 10.2 Å². The third kappa shape index (κ3) is 4.54. The number of allylic oxidation sites excluding steroid dienone is 2. The van der Waals surface area contributed by atoms with Crippen LogP contribution in [0.4, 0.5) is 15.8 Å². The standard InChI is InChI=1S/C22H29FN2O/c1-15-11-19(7-8-20(15)24-21(26)13-22(2,3)4)25-10-9-16-12-18(23)6-5-17(16)14-25/h7-8,11-12,14,18H,5-6,9-10,13H2,1-4H3,(H,24,26). The summed E-state index contributed by atoms with van der Waals surface area (Å²) in [5.74, 6) is 0.0474. The molecule has 0 fully saturated rings. The smallest absolute Gasteiger partial charge is 0.224 e. The van der Waals surface area contributed by atoms with Crippen LogP contribution in [0.25, 0.3) is 0 Å². The van der Waals surface area contributed by atoms with Crippen molar-refractivity contribution in [1.29, 1.82) is 0 Å². The maximum absolute atomic E-state index is 13.5. The molecule has 1 unspecified atom stereocenters. The molecule has 1 aliphatic heterocycles. The molecular weight excluding hydrogens is 327 g/mol. The van der Waals surface area contributed by atoms with Crippen LogP contribution in [0.1, 0.15) is 52.0 Å². The van der Waals surface area contributed by atoms with Crippen molar-refractivity contribution >= 4 is 17.3 Å². The number of rotatable bonds is 3. The fourth-order valence-electron chi connectivity index (χ4n) is 3.59. The van der Waals surface area contributed by atoms with E-state index in [1.165, 1.54) is 11.1 Å². The summed E-state index contributed by atoms with van der Waals surface area (Å²) in [4.78, 5) is 14.4. The predicted molar refractivity (Wildman–Crippen MR) is 106 cm³/mol. The fourth-order valence-corrected chi connectivity index (χ4v) is 3.59. The lowest BCUT2D eigenvalue weighted by atomic mass is 9.89. The summed E-state index contributed by atoms with van der Waals surface area (Å²) in [5, 5.41) is 3.02. The van der Waals surface area contributed by atoms with E-state index in [4.69, 9.17) is 0 Å². The summed E-state index contributed by atoms with van der Waals surface area (Å²) >= 11 is 0. The first-order chi connectivity index (χ1) is 12.2. The second kappa shape index (κ2) is 7.26. The number of nitrogens with one attached hydrogen (secondary N) is 1. The average molecular weight is 356 g/mol. The molecule has 1 atom stereocenters. The van der Waals surface area contributed by atoms with Gasteiger partial charge in [-0.05, 0) is 72.6 Å². The zero-order chi connectivity index (χ0) is 18.9. The van der Waals surface area contributed by atoms with Gasteiger partial charge in [-0.2, -0.15) is 0 Å². The maximum atomic E-state index is 13.5. The molecule has 26 heavy (non-hydrogen) atoms. The minimum atomic E-state index is -0.785. The second-order valence-corrected chi connectivity index (χ2v) is 8.63. The number of anilines is 2. The Morgan fingerprint density at radius 2 is 2.04 bits per heavy atom. The summed E-state index contributed by atoms with van der Waals surface area (Å²) in [5.41, 5.74) is 5.43. The van der Waals surface area contributed by atoms with Crippen molar-refractivity contribution in [3.8, 4) is 0 Å². The highest BCUT2D eigenvalue weighted by Gasteiger charge is 2.22. The number of hydrogen-bond donors (Lipinski definition) is 1. The van der Waals surface area contributed by atoms with Crippen molar-refractivity contribution in [2.75, 3.05) is 16.8 Å². The average Bonchev–Trinajstić information content (AvgIpc) is 2.54. The SMILES string of the molecule is Cc1cc(N2C=C3CCC(F)C=C3CC2)ccc1NC(=O)CC(C)(C)C. The molecule has 3 nitrogen and oxygen atoms in total. The Bertz CT molecular complexity index is 758. The Labute approximate surface area is 156 Å². The molecule has 1 heterocycles. The second-order valence-electron chi connectivity index (χ2n) is 8.63. The molecule has 4 heteroatoms. The highest BCUT2D eigenvalue weighted by molar-refractivity contribution is 5.92. The lowest BCUT2D eigenvalue weighted by Gasteiger charge is -2.31. The van der Waals surface area contributed by atoms with Gasteiger partial charge in [-0.1, -0.05) is 20.8 Å². The zero-order valence-corrected chi connectivity index (χ0v) is 16.2. The zero-order valence-electron chi connectivity index (χ0n) is 16.2. The minimum absolute atomic E-state index is 0.0260. The first-order valence-electron chi connectivity index (χ1n) is 9.44. The number of halogens is 1. The first kappa shape index (κ1) is 18.7. The van der Waals surface area contributed by atoms with Crippen LogP contribution >= 0.6 is 0 Å². The number of aryl methyl sites for hydroxylation is 1. The van der Waals surface area contributed by atoms with Crippen LogP contribution in [0.3, 0.4) is 0 Å². The monoisotopic (exact) mass is 356 g/mol. The molecule has 1 N–H and O–H groups in total. The van der Waals surface area contributed by atoms with E-state index in [2.05, 4.69) is 43.3 Å². The van der Waals surface area contributed by atoms with Crippen LogP contribution in [0.15, 0.2) is 41.6 Å². The van der Waals surface area contributed by atoms with Gasteiger partial charge in [0.2, 0.25) is 5.91 Å². The van der Waals surface area contributed by atoms with Gasteiger partial charge in [0, 0.05) is 30.5 Å². The van der Waals surface area contributed by atoms with E-state index in [0.29, 0.717) is 12.8 Å². The Morgan fingerprint density at radius 1 is 1.27 bits per heavy atom. The van der Waals surface area contributed by atoms with Crippen molar-refractivity contribution < 1.29 is 9.18 Å². The van der Waals surface area contributed by atoms with E-state index >= 15 is 0 Å². The third-order valence-corrected chi connectivity index (χ3v) is 4.92. The van der Waals surface area contributed by atoms with E-state index in [0.717, 1.165) is 36.3 Å². The van der Waals surface area contributed by atoms with Crippen LogP contribution in [-0.4, -0.2) is 18.6 Å². The predicted octanol–water partition coefficient (Wildman–Crippen LogP) is 5.52. The van der Waals surface area contributed by atoms with Gasteiger partial charge in [0.15, 0.2) is 0 Å². The van der Waals surface area contributed by atoms with E-state index < -0.39 is 6.17 Å². The molecule has 1 amide bonds. The van der Waals surface area contributed by atoms with Gasteiger partial charge < -0.3 is 10.2 Å². The van der Waals surface area contributed by atoms with Gasteiger partial charge in [0.1, 0.15) is 6.17 Å². The molecule has 0 spiro atoms. The number of hydrogen-bond acceptors (Lipinski definition) is 2. The van der Waals surface area contributed by atoms with Gasteiger partial charge in [-0.15, -0.1) is 0 Å². The fraction of sp³-hybridized carbons (Fsp3) is 0.500. The molecule has 1 aromatic carbocycles. The van der Waals surface area contributed by atoms with Crippen LogP contribution in [0.2, 0.25) is 0 Å². The van der Waals surface area contributed by atoms with E-state index in [9.17, 15) is 9.18 Å². The molecule has 0 saturated heterocycles. The van der Waals surface area contributed by atoms with Crippen LogP contribution in [0, 0.1) is 12.3 Å². The quantitative estimate of drug-likeness (QED) is 0.773. The number of nitrogens with zero attached hydrogens (tertiary/aromatic N) is 1. The van der Waals surface area contributed by atoms with Gasteiger partial charge in [0.25, 0.3) is 0 Å². The Morgan fingerprint density at radius 3 is 2.73 bits per heavy atom. The Hall–Kier alpha value is -2.10. The number of carbonyl (C=O) groups excluding carboxylic acids is 1. The summed E-state index contributed by atoms with van der Waals surface area (Å²) in [6.07, 6.45) is 5.93. The lowest BCUT2D eigenvalue weighted by molar-refractivity contribution is -0.117. The van der Waals surface area contributed by atoms with Gasteiger partial charge in [-0.3, -0.25) is 4.79 Å². The molecule has 2 aliphatic rings.